The van der Waals surface area contributed by atoms with E-state index in [1.165, 1.54) is 36.4 Å². The number of allylic oxidation sites excluding steroid dienone is 1. The molecule has 0 unspecified atom stereocenters. The average molecular weight is 551 g/mol. The highest BCUT2D eigenvalue weighted by Gasteiger charge is 2.40. The summed E-state index contributed by atoms with van der Waals surface area (Å²) in [6.07, 6.45) is 1.25. The summed E-state index contributed by atoms with van der Waals surface area (Å²) in [5.41, 5.74) is -2.09. The fourth-order valence-electron chi connectivity index (χ4n) is 3.98. The number of rotatable bonds is 8. The van der Waals surface area contributed by atoms with Gasteiger partial charge in [-0.3, -0.25) is 14.2 Å². The molecule has 4 aromatic rings. The molecule has 2 aromatic heterocycles. The average Bonchev–Trinajstić information content (AvgIpc) is 2.92. The Kier molecular flexibility index (Phi) is 7.72. The van der Waals surface area contributed by atoms with Crippen LogP contribution >= 0.6 is 0 Å². The third-order valence-electron chi connectivity index (χ3n) is 6.19. The van der Waals surface area contributed by atoms with Crippen LogP contribution in [0.25, 0.3) is 11.1 Å². The van der Waals surface area contributed by atoms with E-state index in [0.29, 0.717) is 23.2 Å². The second kappa shape index (κ2) is 11.0. The van der Waals surface area contributed by atoms with Crippen LogP contribution < -0.4 is 15.9 Å². The Morgan fingerprint density at radius 3 is 2.50 bits per heavy atom. The molecule has 0 atom stereocenters. The Morgan fingerprint density at radius 2 is 1.88 bits per heavy atom. The molecule has 0 radical (unpaired) electrons. The number of benzene rings is 2. The monoisotopic (exact) mass is 550 g/mol. The normalized spacial score (nSPS) is 11.2. The molecule has 0 spiro atoms. The van der Waals surface area contributed by atoms with E-state index in [1.54, 1.807) is 13.0 Å². The van der Waals surface area contributed by atoms with Gasteiger partial charge in [0.25, 0.3) is 11.1 Å². The molecule has 0 amide bonds. The molecule has 4 rings (SSSR count). The van der Waals surface area contributed by atoms with Crippen LogP contribution in [0.4, 0.5) is 17.6 Å². The number of aromatic amines is 1. The fraction of sp³-hybridized carbons (Fsp3) is 0.172. The number of nitriles is 1. The first-order valence-corrected chi connectivity index (χ1v) is 12.0. The Bertz CT molecular complexity index is 1770. The molecule has 0 aliphatic carbocycles. The van der Waals surface area contributed by atoms with Gasteiger partial charge in [0.1, 0.15) is 11.9 Å². The van der Waals surface area contributed by atoms with Gasteiger partial charge in [0.05, 0.1) is 18.4 Å². The maximum Gasteiger partial charge on any atom is 0.314 e. The van der Waals surface area contributed by atoms with Gasteiger partial charge >= 0.3 is 5.92 Å². The highest BCUT2D eigenvalue weighted by Crippen LogP contribution is 2.39. The van der Waals surface area contributed by atoms with Crippen molar-refractivity contribution in [3.63, 3.8) is 0 Å². The van der Waals surface area contributed by atoms with Crippen molar-refractivity contribution in [1.82, 2.24) is 14.5 Å². The predicted molar refractivity (Wildman–Crippen MR) is 139 cm³/mol. The SMILES string of the molecule is C=C(C)C(F)(F)c1ncn(Cc2cc(-c3ccc(F)cc3)c(=O)[nH]c2CC)c(=O)c1Oc1cccc(C#N)c1F. The molecule has 11 heteroatoms. The minimum atomic E-state index is -3.81. The van der Waals surface area contributed by atoms with Crippen molar-refractivity contribution in [2.45, 2.75) is 32.7 Å². The topological polar surface area (TPSA) is 101 Å². The van der Waals surface area contributed by atoms with E-state index in [-0.39, 0.29) is 12.1 Å². The summed E-state index contributed by atoms with van der Waals surface area (Å²) in [6, 6.07) is 11.9. The first kappa shape index (κ1) is 28.0. The number of aryl methyl sites for hydroxylation is 1. The Morgan fingerprint density at radius 1 is 1.18 bits per heavy atom. The van der Waals surface area contributed by atoms with Gasteiger partial charge in [0.2, 0.25) is 5.75 Å². The minimum absolute atomic E-state index is 0.200. The van der Waals surface area contributed by atoms with Crippen molar-refractivity contribution in [1.29, 1.82) is 5.26 Å². The standard InChI is InChI=1S/C29H22F4N4O3/c1-4-22-19(12-21(27(38)36-22)17-8-10-20(30)11-9-17)14-37-15-35-26(29(32,33)16(2)3)25(28(37)39)40-23-7-5-6-18(13-34)24(23)31/h5-12,15H,2,4,14H2,1,3H3,(H,36,38). The van der Waals surface area contributed by atoms with Crippen LogP contribution in [0.2, 0.25) is 0 Å². The van der Waals surface area contributed by atoms with E-state index >= 15 is 8.78 Å². The summed E-state index contributed by atoms with van der Waals surface area (Å²) >= 11 is 0. The Labute approximate surface area is 225 Å². The lowest BCUT2D eigenvalue weighted by atomic mass is 10.0. The van der Waals surface area contributed by atoms with E-state index in [4.69, 9.17) is 10.00 Å². The van der Waals surface area contributed by atoms with Gasteiger partial charge in [-0.1, -0.05) is 31.7 Å². The second-order valence-corrected chi connectivity index (χ2v) is 8.92. The van der Waals surface area contributed by atoms with Gasteiger partial charge in [-0.25, -0.2) is 13.8 Å². The molecule has 204 valence electrons. The van der Waals surface area contributed by atoms with Gasteiger partial charge < -0.3 is 9.72 Å². The number of aromatic nitrogens is 3. The van der Waals surface area contributed by atoms with Gasteiger partial charge in [-0.2, -0.15) is 14.0 Å². The number of ether oxygens (including phenoxy) is 1. The van der Waals surface area contributed by atoms with Crippen molar-refractivity contribution in [2.75, 3.05) is 0 Å². The lowest BCUT2D eigenvalue weighted by Crippen LogP contribution is -2.29. The molecule has 0 bridgehead atoms. The van der Waals surface area contributed by atoms with Gasteiger partial charge in [0, 0.05) is 11.3 Å². The van der Waals surface area contributed by atoms with Crippen LogP contribution in [0.5, 0.6) is 11.5 Å². The quantitative estimate of drug-likeness (QED) is 0.220. The third-order valence-corrected chi connectivity index (χ3v) is 6.19. The number of pyridine rings is 1. The lowest BCUT2D eigenvalue weighted by Gasteiger charge is -2.20. The number of hydrogen-bond acceptors (Lipinski definition) is 5. The van der Waals surface area contributed by atoms with E-state index in [1.807, 2.05) is 0 Å². The molecule has 1 N–H and O–H groups in total. The largest absolute Gasteiger partial charge is 0.446 e. The molecule has 0 saturated carbocycles. The zero-order chi connectivity index (χ0) is 29.2. The number of nitrogens with one attached hydrogen (secondary N) is 1. The summed E-state index contributed by atoms with van der Waals surface area (Å²) in [7, 11) is 0. The molecule has 2 heterocycles. The maximum absolute atomic E-state index is 15.1. The molecular weight excluding hydrogens is 528 g/mol. The molecule has 0 aliphatic rings. The summed E-state index contributed by atoms with van der Waals surface area (Å²) in [6.45, 7) is 5.84. The van der Waals surface area contributed by atoms with Crippen molar-refractivity contribution in [3.8, 4) is 28.7 Å². The minimum Gasteiger partial charge on any atom is -0.446 e. The van der Waals surface area contributed by atoms with E-state index in [0.717, 1.165) is 30.0 Å². The highest BCUT2D eigenvalue weighted by atomic mass is 19.3. The molecule has 2 aromatic carbocycles. The molecule has 0 aliphatic heterocycles. The number of hydrogen-bond donors (Lipinski definition) is 1. The molecule has 7 nitrogen and oxygen atoms in total. The summed E-state index contributed by atoms with van der Waals surface area (Å²) in [5.74, 6) is -7.00. The van der Waals surface area contributed by atoms with E-state index in [2.05, 4.69) is 16.5 Å². The van der Waals surface area contributed by atoms with Crippen molar-refractivity contribution in [2.24, 2.45) is 0 Å². The maximum atomic E-state index is 15.1. The molecule has 0 fully saturated rings. The first-order chi connectivity index (χ1) is 19.0. The number of halogens is 4. The van der Waals surface area contributed by atoms with Crippen LogP contribution in [0, 0.1) is 23.0 Å². The third kappa shape index (κ3) is 5.29. The number of H-pyrrole nitrogens is 1. The fourth-order valence-corrected chi connectivity index (χ4v) is 3.98. The Hall–Kier alpha value is -4.98. The van der Waals surface area contributed by atoms with Crippen LogP contribution in [0.15, 0.2) is 76.6 Å². The summed E-state index contributed by atoms with van der Waals surface area (Å²) in [4.78, 5) is 32.8. The zero-order valence-electron chi connectivity index (χ0n) is 21.4. The lowest BCUT2D eigenvalue weighted by molar-refractivity contribution is 0.0308. The van der Waals surface area contributed by atoms with Gasteiger partial charge in [-0.05, 0) is 60.4 Å². The van der Waals surface area contributed by atoms with E-state index < -0.39 is 57.0 Å². The molecular formula is C29H22F4N4O3. The van der Waals surface area contributed by atoms with Crippen LogP contribution in [0.1, 0.15) is 36.4 Å². The van der Waals surface area contributed by atoms with Crippen LogP contribution in [-0.2, 0) is 18.9 Å². The zero-order valence-corrected chi connectivity index (χ0v) is 21.4. The van der Waals surface area contributed by atoms with Gasteiger partial charge in [0.15, 0.2) is 17.3 Å². The van der Waals surface area contributed by atoms with Crippen molar-refractivity contribution in [3.05, 3.63) is 122 Å². The smallest absolute Gasteiger partial charge is 0.314 e. The van der Waals surface area contributed by atoms with Crippen molar-refractivity contribution >= 4 is 0 Å². The number of nitrogens with zero attached hydrogens (tertiary/aromatic N) is 3. The Balaban J connectivity index is 1.87. The molecule has 0 saturated heterocycles. The highest BCUT2D eigenvalue weighted by molar-refractivity contribution is 5.63. The summed E-state index contributed by atoms with van der Waals surface area (Å²) in [5, 5.41) is 9.12. The molecule has 40 heavy (non-hydrogen) atoms. The number of alkyl halides is 2. The van der Waals surface area contributed by atoms with Crippen LogP contribution in [0.3, 0.4) is 0 Å². The summed E-state index contributed by atoms with van der Waals surface area (Å²) < 4.78 is 64.6. The van der Waals surface area contributed by atoms with Crippen molar-refractivity contribution < 1.29 is 22.3 Å². The van der Waals surface area contributed by atoms with E-state index in [9.17, 15) is 18.4 Å². The predicted octanol–water partition coefficient (Wildman–Crippen LogP) is 5.82. The first-order valence-electron chi connectivity index (χ1n) is 12.0. The second-order valence-electron chi connectivity index (χ2n) is 8.92. The van der Waals surface area contributed by atoms with Crippen LogP contribution in [-0.4, -0.2) is 14.5 Å². The van der Waals surface area contributed by atoms with Gasteiger partial charge in [-0.15, -0.1) is 0 Å².